The third kappa shape index (κ3) is 0.975. The molecule has 0 fully saturated rings. The lowest BCUT2D eigenvalue weighted by Gasteiger charge is -1.95. The molecule has 4 heteroatoms. The Hall–Kier alpha value is -1.09. The number of aromatic amines is 1. The molecule has 0 bridgehead atoms. The fourth-order valence-electron chi connectivity index (χ4n) is 1.37. The molecule has 2 aromatic heterocycles. The molecule has 0 unspecified atom stereocenters. The first-order valence-electron chi connectivity index (χ1n) is 3.66. The summed E-state index contributed by atoms with van der Waals surface area (Å²) in [6.45, 7) is 3.90. The quantitative estimate of drug-likeness (QED) is 0.634. The van der Waals surface area contributed by atoms with Crippen molar-refractivity contribution in [3.63, 3.8) is 0 Å². The topological polar surface area (TPSA) is 41.6 Å². The number of fused-ring (bicyclic) bond motifs is 1. The summed E-state index contributed by atoms with van der Waals surface area (Å²) in [7, 11) is 0. The molecular weight excluding hydrogens is 174 g/mol. The third-order valence-electron chi connectivity index (χ3n) is 1.87. The first-order valence-corrected chi connectivity index (χ1v) is 4.04. The van der Waals surface area contributed by atoms with Crippen LogP contribution in [-0.4, -0.2) is 15.2 Å². The van der Waals surface area contributed by atoms with Crippen molar-refractivity contribution in [1.29, 1.82) is 0 Å². The highest BCUT2D eigenvalue weighted by molar-refractivity contribution is 6.30. The van der Waals surface area contributed by atoms with Crippen LogP contribution in [0.2, 0.25) is 5.15 Å². The van der Waals surface area contributed by atoms with Gasteiger partial charge >= 0.3 is 0 Å². The molecular formula is C8H8ClN3. The summed E-state index contributed by atoms with van der Waals surface area (Å²) in [6, 6.07) is 1.76. The summed E-state index contributed by atoms with van der Waals surface area (Å²) >= 11 is 5.77. The largest absolute Gasteiger partial charge is 0.282 e. The molecule has 0 aliphatic carbocycles. The van der Waals surface area contributed by atoms with Crippen LogP contribution >= 0.6 is 11.6 Å². The van der Waals surface area contributed by atoms with Gasteiger partial charge in [0, 0.05) is 17.1 Å². The van der Waals surface area contributed by atoms with Gasteiger partial charge in [0.25, 0.3) is 0 Å². The van der Waals surface area contributed by atoms with E-state index in [0.29, 0.717) is 5.15 Å². The van der Waals surface area contributed by atoms with Crippen LogP contribution in [0.15, 0.2) is 6.07 Å². The van der Waals surface area contributed by atoms with Gasteiger partial charge in [-0.3, -0.25) is 5.10 Å². The van der Waals surface area contributed by atoms with Gasteiger partial charge in [-0.2, -0.15) is 5.10 Å². The zero-order valence-corrected chi connectivity index (χ0v) is 7.61. The maximum absolute atomic E-state index is 5.77. The van der Waals surface area contributed by atoms with Gasteiger partial charge in [-0.1, -0.05) is 11.6 Å². The molecule has 0 saturated carbocycles. The Kier molecular flexibility index (Phi) is 1.54. The Balaban J connectivity index is 2.93. The van der Waals surface area contributed by atoms with Gasteiger partial charge in [-0.25, -0.2) is 4.98 Å². The summed E-state index contributed by atoms with van der Waals surface area (Å²) in [6.07, 6.45) is 0. The van der Waals surface area contributed by atoms with Crippen molar-refractivity contribution >= 4 is 22.5 Å². The Bertz CT molecular complexity index is 433. The Morgan fingerprint density at radius 2 is 2.17 bits per heavy atom. The van der Waals surface area contributed by atoms with Gasteiger partial charge in [0.1, 0.15) is 5.15 Å². The molecule has 0 atom stereocenters. The van der Waals surface area contributed by atoms with Crippen LogP contribution in [0, 0.1) is 13.8 Å². The normalized spacial score (nSPS) is 10.9. The van der Waals surface area contributed by atoms with Gasteiger partial charge in [0.05, 0.1) is 11.2 Å². The Morgan fingerprint density at radius 3 is 2.92 bits per heavy atom. The van der Waals surface area contributed by atoms with Gasteiger partial charge in [-0.15, -0.1) is 0 Å². The number of rotatable bonds is 0. The van der Waals surface area contributed by atoms with Crippen LogP contribution in [0.1, 0.15) is 11.4 Å². The van der Waals surface area contributed by atoms with Crippen molar-refractivity contribution in [2.45, 2.75) is 13.8 Å². The molecule has 62 valence electrons. The van der Waals surface area contributed by atoms with E-state index in [-0.39, 0.29) is 0 Å². The third-order valence-corrected chi connectivity index (χ3v) is 2.06. The highest BCUT2D eigenvalue weighted by Crippen LogP contribution is 2.20. The second-order valence-corrected chi connectivity index (χ2v) is 3.16. The van der Waals surface area contributed by atoms with E-state index in [1.54, 1.807) is 6.07 Å². The lowest BCUT2D eigenvalue weighted by Crippen LogP contribution is -1.83. The van der Waals surface area contributed by atoms with Gasteiger partial charge < -0.3 is 0 Å². The molecule has 3 nitrogen and oxygen atoms in total. The number of nitrogens with zero attached hydrogens (tertiary/aromatic N) is 2. The highest BCUT2D eigenvalue weighted by atomic mass is 35.5. The van der Waals surface area contributed by atoms with Crippen LogP contribution in [0.3, 0.4) is 0 Å². The molecule has 0 aliphatic heterocycles. The minimum atomic E-state index is 0.492. The Labute approximate surface area is 74.8 Å². The van der Waals surface area contributed by atoms with Crippen LogP contribution in [0.4, 0.5) is 0 Å². The van der Waals surface area contributed by atoms with Crippen molar-refractivity contribution in [2.24, 2.45) is 0 Å². The smallest absolute Gasteiger partial charge is 0.131 e. The van der Waals surface area contributed by atoms with Crippen molar-refractivity contribution in [1.82, 2.24) is 15.2 Å². The number of pyridine rings is 1. The van der Waals surface area contributed by atoms with Crippen LogP contribution < -0.4 is 0 Å². The standard InChI is InChI=1S/C8H8ClN3/c1-4-8-5(2)11-12-6(8)3-7(9)10-4/h3H,1-2H3,(H,11,12). The number of nitrogens with one attached hydrogen (secondary N) is 1. The average molecular weight is 182 g/mol. The summed E-state index contributed by atoms with van der Waals surface area (Å²) in [5.74, 6) is 0. The van der Waals surface area contributed by atoms with E-state index in [1.807, 2.05) is 13.8 Å². The lowest BCUT2D eigenvalue weighted by atomic mass is 10.2. The van der Waals surface area contributed by atoms with Gasteiger partial charge in [-0.05, 0) is 13.8 Å². The minimum absolute atomic E-state index is 0.492. The predicted molar refractivity (Wildman–Crippen MR) is 48.4 cm³/mol. The van der Waals surface area contributed by atoms with Crippen molar-refractivity contribution in [2.75, 3.05) is 0 Å². The fourth-order valence-corrected chi connectivity index (χ4v) is 1.60. The first-order chi connectivity index (χ1) is 5.68. The molecule has 2 aromatic rings. The molecule has 0 aromatic carbocycles. The maximum atomic E-state index is 5.77. The van der Waals surface area contributed by atoms with Crippen LogP contribution in [0.5, 0.6) is 0 Å². The van der Waals surface area contributed by atoms with E-state index in [9.17, 15) is 0 Å². The van der Waals surface area contributed by atoms with Crippen molar-refractivity contribution in [3.05, 3.63) is 22.6 Å². The SMILES string of the molecule is Cc1nc(Cl)cc2n[nH]c(C)c12. The van der Waals surface area contributed by atoms with E-state index in [1.165, 1.54) is 0 Å². The fraction of sp³-hybridized carbons (Fsp3) is 0.250. The molecule has 0 saturated heterocycles. The Morgan fingerprint density at radius 1 is 1.42 bits per heavy atom. The van der Waals surface area contributed by atoms with E-state index in [4.69, 9.17) is 11.6 Å². The number of hydrogen-bond acceptors (Lipinski definition) is 2. The second kappa shape index (κ2) is 2.45. The summed E-state index contributed by atoms with van der Waals surface area (Å²) in [5.41, 5.74) is 2.83. The van der Waals surface area contributed by atoms with Crippen molar-refractivity contribution < 1.29 is 0 Å². The zero-order chi connectivity index (χ0) is 8.72. The van der Waals surface area contributed by atoms with E-state index < -0.39 is 0 Å². The number of halogens is 1. The monoisotopic (exact) mass is 181 g/mol. The van der Waals surface area contributed by atoms with E-state index in [2.05, 4.69) is 15.2 Å². The summed E-state index contributed by atoms with van der Waals surface area (Å²) in [5, 5.41) is 8.55. The van der Waals surface area contributed by atoms with E-state index in [0.717, 1.165) is 22.3 Å². The molecule has 0 amide bonds. The molecule has 2 heterocycles. The lowest BCUT2D eigenvalue weighted by molar-refractivity contribution is 1.07. The number of aromatic nitrogens is 3. The molecule has 2 rings (SSSR count). The summed E-state index contributed by atoms with van der Waals surface area (Å²) < 4.78 is 0. The molecule has 12 heavy (non-hydrogen) atoms. The van der Waals surface area contributed by atoms with Crippen LogP contribution in [0.25, 0.3) is 10.9 Å². The molecule has 0 radical (unpaired) electrons. The zero-order valence-electron chi connectivity index (χ0n) is 6.85. The number of hydrogen-bond donors (Lipinski definition) is 1. The highest BCUT2D eigenvalue weighted by Gasteiger charge is 2.06. The van der Waals surface area contributed by atoms with Crippen LogP contribution in [-0.2, 0) is 0 Å². The maximum Gasteiger partial charge on any atom is 0.131 e. The molecule has 0 aliphatic rings. The molecule has 0 spiro atoms. The summed E-state index contributed by atoms with van der Waals surface area (Å²) in [4.78, 5) is 4.14. The minimum Gasteiger partial charge on any atom is -0.282 e. The molecule has 1 N–H and O–H groups in total. The number of aryl methyl sites for hydroxylation is 2. The van der Waals surface area contributed by atoms with Crippen molar-refractivity contribution in [3.8, 4) is 0 Å². The average Bonchev–Trinajstić information content (AvgIpc) is 2.31. The second-order valence-electron chi connectivity index (χ2n) is 2.77. The number of H-pyrrole nitrogens is 1. The van der Waals surface area contributed by atoms with E-state index >= 15 is 0 Å². The predicted octanol–water partition coefficient (Wildman–Crippen LogP) is 2.23. The first kappa shape index (κ1) is 7.55. The van der Waals surface area contributed by atoms with Gasteiger partial charge in [0.2, 0.25) is 0 Å². The van der Waals surface area contributed by atoms with Gasteiger partial charge in [0.15, 0.2) is 0 Å².